The number of rotatable bonds is 6. The number of aromatic nitrogens is 1. The number of benzene rings is 2. The number of aromatic amines is 1. The highest BCUT2D eigenvalue weighted by Gasteiger charge is 2.15. The number of ether oxygens (including phenoxy) is 1. The third kappa shape index (κ3) is 3.81. The molecule has 5 nitrogen and oxygen atoms in total. The second kappa shape index (κ2) is 7.07. The number of hydrogen-bond acceptors (Lipinski definition) is 3. The molecule has 0 aliphatic heterocycles. The van der Waals surface area contributed by atoms with Crippen LogP contribution in [0.2, 0.25) is 5.02 Å². The summed E-state index contributed by atoms with van der Waals surface area (Å²) in [7, 11) is -2.00. The molecule has 0 radical (unpaired) electrons. The molecular formula is C18H19ClN2O3S. The van der Waals surface area contributed by atoms with E-state index in [2.05, 4.69) is 9.71 Å². The van der Waals surface area contributed by atoms with Gasteiger partial charge in [-0.2, -0.15) is 0 Å². The summed E-state index contributed by atoms with van der Waals surface area (Å²) in [5.74, 6) is 0.663. The van der Waals surface area contributed by atoms with Gasteiger partial charge in [-0.05, 0) is 54.8 Å². The molecule has 0 bridgehead atoms. The van der Waals surface area contributed by atoms with E-state index >= 15 is 0 Å². The van der Waals surface area contributed by atoms with Crippen LogP contribution < -0.4 is 9.46 Å². The van der Waals surface area contributed by atoms with Crippen LogP contribution in [0.15, 0.2) is 47.5 Å². The summed E-state index contributed by atoms with van der Waals surface area (Å²) < 4.78 is 32.7. The quantitative estimate of drug-likeness (QED) is 0.687. The van der Waals surface area contributed by atoms with E-state index in [1.54, 1.807) is 25.3 Å². The molecule has 2 aromatic carbocycles. The van der Waals surface area contributed by atoms with Crippen LogP contribution >= 0.6 is 11.6 Å². The highest BCUT2D eigenvalue weighted by Crippen LogP contribution is 2.23. The molecule has 0 atom stereocenters. The van der Waals surface area contributed by atoms with Crippen LogP contribution in [0, 0.1) is 6.92 Å². The molecule has 0 saturated carbocycles. The van der Waals surface area contributed by atoms with Crippen LogP contribution in [-0.4, -0.2) is 27.1 Å². The summed E-state index contributed by atoms with van der Waals surface area (Å²) in [6, 6.07) is 10.4. The Morgan fingerprint density at radius 3 is 2.72 bits per heavy atom. The third-order valence-electron chi connectivity index (χ3n) is 4.09. The normalized spacial score (nSPS) is 11.8. The lowest BCUT2D eigenvalue weighted by atomic mass is 10.1. The van der Waals surface area contributed by atoms with E-state index in [1.807, 2.05) is 31.3 Å². The van der Waals surface area contributed by atoms with Crippen molar-refractivity contribution >= 4 is 32.5 Å². The molecule has 25 heavy (non-hydrogen) atoms. The molecule has 0 saturated heterocycles. The van der Waals surface area contributed by atoms with E-state index in [9.17, 15) is 8.42 Å². The van der Waals surface area contributed by atoms with Crippen LogP contribution in [0.1, 0.15) is 11.1 Å². The molecule has 0 spiro atoms. The fraction of sp³-hybridized carbons (Fsp3) is 0.222. The van der Waals surface area contributed by atoms with E-state index in [0.717, 1.165) is 22.0 Å². The van der Waals surface area contributed by atoms with Crippen LogP contribution in [0.25, 0.3) is 10.9 Å². The highest BCUT2D eigenvalue weighted by atomic mass is 35.5. The van der Waals surface area contributed by atoms with Gasteiger partial charge in [-0.1, -0.05) is 17.7 Å². The largest absolute Gasteiger partial charge is 0.496 e. The van der Waals surface area contributed by atoms with Crippen molar-refractivity contribution in [1.29, 1.82) is 0 Å². The Kier molecular flexibility index (Phi) is 5.03. The second-order valence-corrected chi connectivity index (χ2v) is 7.99. The Balaban J connectivity index is 1.70. The van der Waals surface area contributed by atoms with Gasteiger partial charge in [0.1, 0.15) is 5.75 Å². The third-order valence-corrected chi connectivity index (χ3v) is 5.79. The zero-order valence-corrected chi connectivity index (χ0v) is 15.5. The fourth-order valence-corrected chi connectivity index (χ4v) is 4.08. The summed E-state index contributed by atoms with van der Waals surface area (Å²) in [5, 5.41) is 1.71. The average molecular weight is 379 g/mol. The number of aryl methyl sites for hydroxylation is 1. The number of hydrogen-bond donors (Lipinski definition) is 2. The Labute approximate surface area is 152 Å². The Bertz CT molecular complexity index is 1010. The van der Waals surface area contributed by atoms with Crippen molar-refractivity contribution in [2.24, 2.45) is 0 Å². The minimum Gasteiger partial charge on any atom is -0.496 e. The summed E-state index contributed by atoms with van der Waals surface area (Å²) >= 11 is 5.97. The molecule has 1 aromatic heterocycles. The first-order chi connectivity index (χ1) is 11.9. The van der Waals surface area contributed by atoms with Crippen LogP contribution in [0.4, 0.5) is 0 Å². The molecule has 132 valence electrons. The van der Waals surface area contributed by atoms with Gasteiger partial charge in [-0.15, -0.1) is 0 Å². The number of H-pyrrole nitrogens is 1. The summed E-state index contributed by atoms with van der Waals surface area (Å²) in [6.45, 7) is 2.12. The van der Waals surface area contributed by atoms with Crippen molar-refractivity contribution in [2.45, 2.75) is 18.2 Å². The van der Waals surface area contributed by atoms with E-state index in [-0.39, 0.29) is 4.90 Å². The second-order valence-electron chi connectivity index (χ2n) is 5.78. The number of nitrogens with one attached hydrogen (secondary N) is 2. The molecule has 3 rings (SSSR count). The van der Waals surface area contributed by atoms with Crippen LogP contribution in [-0.2, 0) is 16.4 Å². The van der Waals surface area contributed by atoms with Gasteiger partial charge < -0.3 is 9.72 Å². The zero-order chi connectivity index (χ0) is 18.0. The number of sulfonamides is 1. The zero-order valence-electron chi connectivity index (χ0n) is 14.0. The van der Waals surface area contributed by atoms with Crippen molar-refractivity contribution in [3.8, 4) is 5.75 Å². The fourth-order valence-electron chi connectivity index (χ4n) is 2.79. The Hall–Kier alpha value is -2.02. The number of fused-ring (bicyclic) bond motifs is 1. The van der Waals surface area contributed by atoms with Gasteiger partial charge in [0.25, 0.3) is 0 Å². The monoisotopic (exact) mass is 378 g/mol. The molecule has 0 aliphatic rings. The lowest BCUT2D eigenvalue weighted by molar-refractivity contribution is 0.411. The predicted molar refractivity (Wildman–Crippen MR) is 99.9 cm³/mol. The lowest BCUT2D eigenvalue weighted by Gasteiger charge is -2.09. The lowest BCUT2D eigenvalue weighted by Crippen LogP contribution is -2.26. The standard InChI is InChI=1S/C18H19ClN2O3S/c1-12-9-15(4-6-18(12)24-2)25(22,23)21-8-7-13-11-20-17-10-14(19)3-5-16(13)17/h3-6,9-11,20-21H,7-8H2,1-2H3. The molecule has 1 heterocycles. The maximum atomic E-state index is 12.4. The smallest absolute Gasteiger partial charge is 0.240 e. The summed E-state index contributed by atoms with van der Waals surface area (Å²) in [4.78, 5) is 3.39. The van der Waals surface area contributed by atoms with Crippen molar-refractivity contribution in [3.05, 3.63) is 58.7 Å². The summed E-state index contributed by atoms with van der Waals surface area (Å²) in [6.07, 6.45) is 2.46. The molecule has 7 heteroatoms. The Morgan fingerprint density at radius 2 is 2.00 bits per heavy atom. The number of methoxy groups -OCH3 is 1. The molecule has 0 aliphatic carbocycles. The topological polar surface area (TPSA) is 71.2 Å². The van der Waals surface area contributed by atoms with Crippen LogP contribution in [0.5, 0.6) is 5.75 Å². The van der Waals surface area contributed by atoms with Gasteiger partial charge in [0.2, 0.25) is 10.0 Å². The van der Waals surface area contributed by atoms with E-state index in [4.69, 9.17) is 16.3 Å². The Morgan fingerprint density at radius 1 is 1.20 bits per heavy atom. The minimum absolute atomic E-state index is 0.233. The molecule has 3 aromatic rings. The van der Waals surface area contributed by atoms with Gasteiger partial charge >= 0.3 is 0 Å². The maximum absolute atomic E-state index is 12.4. The SMILES string of the molecule is COc1ccc(S(=O)(=O)NCCc2c[nH]c3cc(Cl)ccc23)cc1C. The first kappa shape index (κ1) is 17.8. The predicted octanol–water partition coefficient (Wildman–Crippen LogP) is 3.66. The van der Waals surface area contributed by atoms with Crippen molar-refractivity contribution < 1.29 is 13.2 Å². The average Bonchev–Trinajstić information content (AvgIpc) is 2.96. The van der Waals surface area contributed by atoms with E-state index in [0.29, 0.717) is 23.7 Å². The molecule has 0 fully saturated rings. The first-order valence-corrected chi connectivity index (χ1v) is 9.66. The molecular weight excluding hydrogens is 360 g/mol. The van der Waals surface area contributed by atoms with Crippen LogP contribution in [0.3, 0.4) is 0 Å². The van der Waals surface area contributed by atoms with Gasteiger partial charge in [-0.3, -0.25) is 0 Å². The number of halogens is 1. The summed E-state index contributed by atoms with van der Waals surface area (Å²) in [5.41, 5.74) is 2.76. The van der Waals surface area contributed by atoms with Gasteiger partial charge in [0.15, 0.2) is 0 Å². The maximum Gasteiger partial charge on any atom is 0.240 e. The molecule has 0 amide bonds. The van der Waals surface area contributed by atoms with E-state index < -0.39 is 10.0 Å². The van der Waals surface area contributed by atoms with Gasteiger partial charge in [-0.25, -0.2) is 13.1 Å². The van der Waals surface area contributed by atoms with Crippen molar-refractivity contribution in [3.63, 3.8) is 0 Å². The van der Waals surface area contributed by atoms with E-state index in [1.165, 1.54) is 0 Å². The molecule has 2 N–H and O–H groups in total. The van der Waals surface area contributed by atoms with Crippen molar-refractivity contribution in [2.75, 3.05) is 13.7 Å². The van der Waals surface area contributed by atoms with Gasteiger partial charge in [0.05, 0.1) is 12.0 Å². The highest BCUT2D eigenvalue weighted by molar-refractivity contribution is 7.89. The van der Waals surface area contributed by atoms with Gasteiger partial charge in [0, 0.05) is 28.7 Å². The minimum atomic E-state index is -3.56. The van der Waals surface area contributed by atoms with Crippen molar-refractivity contribution in [1.82, 2.24) is 9.71 Å². The first-order valence-electron chi connectivity index (χ1n) is 7.80. The molecule has 0 unspecified atom stereocenters.